The van der Waals surface area contributed by atoms with Gasteiger partial charge in [0.25, 0.3) is 0 Å². The van der Waals surface area contributed by atoms with Gasteiger partial charge in [-0.1, -0.05) is 231 Å². The molecule has 0 spiro atoms. The summed E-state index contributed by atoms with van der Waals surface area (Å²) in [6.45, 7) is 0. The normalized spacial score (nSPS) is 12.2. The maximum atomic E-state index is 5.26. The van der Waals surface area contributed by atoms with Crippen LogP contribution in [-0.2, 0) is 0 Å². The predicted octanol–water partition coefficient (Wildman–Crippen LogP) is 23.0. The van der Waals surface area contributed by atoms with Crippen LogP contribution in [0, 0.1) is 0 Å². The topological polar surface area (TPSA) is 83.1 Å². The van der Waals surface area contributed by atoms with Gasteiger partial charge < -0.3 is 13.4 Å². The second-order valence-electron chi connectivity index (χ2n) is 26.2. The van der Waals surface area contributed by atoms with E-state index in [0.29, 0.717) is 5.82 Å². The van der Waals surface area contributed by atoms with Gasteiger partial charge in [0.15, 0.2) is 11.6 Å². The Balaban J connectivity index is 0.000000128. The Bertz CT molecular complexity index is 7330. The van der Waals surface area contributed by atoms with E-state index >= 15 is 0 Å². The summed E-state index contributed by atoms with van der Waals surface area (Å²) in [6.07, 6.45) is 1.91. The highest BCUT2D eigenvalue weighted by Gasteiger charge is 2.26. The van der Waals surface area contributed by atoms with E-state index in [1.807, 2.05) is 48.7 Å². The lowest BCUT2D eigenvalue weighted by Gasteiger charge is -2.15. The summed E-state index contributed by atoms with van der Waals surface area (Å²) in [5.41, 5.74) is 20.9. The maximum Gasteiger partial charge on any atom is 0.161 e. The average molecular weight is 1270 g/mol. The molecule has 0 aliphatic rings. The standard InChI is InChI=1S/C48H28N4.C43H25N5/c1-2-13-29(14-3-1)46-37-18-6-8-22-38(37)49-48(50-46)36-27-28-40(31-16-5-4-15-30(31)36)51-41-24-11-19-33-35-21-10-20-34-32-17-7-9-23-39(32)52(47(34)35)43-26-12-25-42(51)45(43)44(33)41;1-2-11-26(12-3-1)41-32-14-4-6-18-33(32)45-43(46-41)27-23-24-38(44-25-27)47-35-20-9-15-29-31-17-8-16-30-28-13-5-7-19-34(28)48(42(30)31)37-22-10-21-36(47)40(37)39(29)35/h1-28H;1-25H. The second kappa shape index (κ2) is 20.9. The summed E-state index contributed by atoms with van der Waals surface area (Å²) in [5, 5.41) is 19.5. The lowest BCUT2D eigenvalue weighted by Crippen LogP contribution is -1.99. The van der Waals surface area contributed by atoms with Crippen molar-refractivity contribution in [3.05, 3.63) is 322 Å². The van der Waals surface area contributed by atoms with E-state index in [-0.39, 0.29) is 0 Å². The lowest BCUT2D eigenvalue weighted by atomic mass is 10.0. The largest absolute Gasteiger partial charge is 0.309 e. The van der Waals surface area contributed by atoms with Crippen molar-refractivity contribution in [1.82, 2.24) is 42.9 Å². The number of hydrogen-bond donors (Lipinski definition) is 0. The van der Waals surface area contributed by atoms with E-state index in [1.54, 1.807) is 0 Å². The molecule has 9 nitrogen and oxygen atoms in total. The predicted molar refractivity (Wildman–Crippen MR) is 414 cm³/mol. The maximum absolute atomic E-state index is 5.26. The fraction of sp³-hybridized carbons (Fsp3) is 0. The fourth-order valence-corrected chi connectivity index (χ4v) is 16.8. The van der Waals surface area contributed by atoms with Gasteiger partial charge in [-0.05, 0) is 101 Å². The molecule has 0 unspecified atom stereocenters. The molecule has 0 fully saturated rings. The van der Waals surface area contributed by atoms with E-state index in [9.17, 15) is 0 Å². The molecule has 0 aliphatic carbocycles. The number of aromatic nitrogens is 9. The zero-order valence-corrected chi connectivity index (χ0v) is 53.6. The molecule has 9 aromatic heterocycles. The monoisotopic (exact) mass is 1270 g/mol. The molecule has 100 heavy (non-hydrogen) atoms. The molecule has 23 aromatic rings. The number of rotatable bonds is 6. The SMILES string of the molecule is c1ccc(-c2nc(-c3ccc(-n4c5cccc6c7cccc8c9ccccc9n(c9cccc4c9c65)c78)c4ccccc34)nc3ccccc23)cc1.c1ccc(-c2nc(-c3ccc(-n4c5cccc6c7cccc8c9ccccc9n(c9cccc4c9c65)c78)nc3)nc3ccccc23)cc1. The van der Waals surface area contributed by atoms with Crippen LogP contribution in [0.5, 0.6) is 0 Å². The average Bonchev–Trinajstić information content (AvgIpc) is 1.54. The Morgan fingerprint density at radius 2 is 0.610 bits per heavy atom. The number of hydrogen-bond acceptors (Lipinski definition) is 5. The Morgan fingerprint density at radius 1 is 0.220 bits per heavy atom. The van der Waals surface area contributed by atoms with Gasteiger partial charge >= 0.3 is 0 Å². The lowest BCUT2D eigenvalue weighted by molar-refractivity contribution is 1.08. The summed E-state index contributed by atoms with van der Waals surface area (Å²) in [6, 6.07) is 113. The molecule has 462 valence electrons. The number of nitrogens with zero attached hydrogens (tertiary/aromatic N) is 9. The quantitative estimate of drug-likeness (QED) is 0.166. The van der Waals surface area contributed by atoms with Crippen LogP contribution in [0.2, 0.25) is 0 Å². The molecule has 14 aromatic carbocycles. The summed E-state index contributed by atoms with van der Waals surface area (Å²) in [5.74, 6) is 2.24. The minimum Gasteiger partial charge on any atom is -0.309 e. The van der Waals surface area contributed by atoms with Gasteiger partial charge in [0.05, 0.1) is 83.3 Å². The van der Waals surface area contributed by atoms with E-state index in [4.69, 9.17) is 24.9 Å². The number of pyridine rings is 1. The Hall–Kier alpha value is -13.6. The first-order valence-electron chi connectivity index (χ1n) is 34.0. The smallest absolute Gasteiger partial charge is 0.161 e. The van der Waals surface area contributed by atoms with Crippen LogP contribution < -0.4 is 0 Å². The molecular weight excluding hydrogens is 1220 g/mol. The van der Waals surface area contributed by atoms with Crippen molar-refractivity contribution in [1.29, 1.82) is 0 Å². The van der Waals surface area contributed by atoms with Crippen molar-refractivity contribution >= 4 is 152 Å². The first-order valence-corrected chi connectivity index (χ1v) is 34.0. The van der Waals surface area contributed by atoms with Crippen LogP contribution in [0.25, 0.3) is 209 Å². The molecular formula is C91H53N9. The molecule has 23 rings (SSSR count). The molecule has 0 amide bonds. The molecule has 0 saturated heterocycles. The molecule has 0 radical (unpaired) electrons. The van der Waals surface area contributed by atoms with Gasteiger partial charge in [-0.15, -0.1) is 0 Å². The van der Waals surface area contributed by atoms with Gasteiger partial charge in [0, 0.05) is 98.5 Å². The van der Waals surface area contributed by atoms with E-state index in [2.05, 4.69) is 291 Å². The van der Waals surface area contributed by atoms with Crippen LogP contribution in [0.1, 0.15) is 0 Å². The summed E-state index contributed by atoms with van der Waals surface area (Å²) in [4.78, 5) is 25.5. The van der Waals surface area contributed by atoms with Crippen LogP contribution >= 0.6 is 0 Å². The van der Waals surface area contributed by atoms with Gasteiger partial charge in [-0.25, -0.2) is 24.9 Å². The molecule has 0 atom stereocenters. The third kappa shape index (κ3) is 7.68. The third-order valence-electron chi connectivity index (χ3n) is 21.0. The minimum absolute atomic E-state index is 0.660. The fourth-order valence-electron chi connectivity index (χ4n) is 16.8. The van der Waals surface area contributed by atoms with E-state index in [0.717, 1.165) is 94.6 Å². The Kier molecular flexibility index (Phi) is 11.4. The highest BCUT2D eigenvalue weighted by atomic mass is 15.1. The molecule has 0 N–H and O–H groups in total. The van der Waals surface area contributed by atoms with Crippen molar-refractivity contribution in [3.63, 3.8) is 0 Å². The van der Waals surface area contributed by atoms with Crippen molar-refractivity contribution in [2.45, 2.75) is 0 Å². The number of fused-ring (bicyclic) bond motifs is 13. The zero-order valence-electron chi connectivity index (χ0n) is 53.6. The van der Waals surface area contributed by atoms with E-state index < -0.39 is 0 Å². The van der Waals surface area contributed by atoms with Gasteiger partial charge in [-0.3, -0.25) is 4.57 Å². The number of para-hydroxylation sites is 6. The highest BCUT2D eigenvalue weighted by Crippen LogP contribution is 2.48. The van der Waals surface area contributed by atoms with Crippen LogP contribution in [0.3, 0.4) is 0 Å². The summed E-state index contributed by atoms with van der Waals surface area (Å²) < 4.78 is 9.73. The molecule has 0 bridgehead atoms. The van der Waals surface area contributed by atoms with Crippen molar-refractivity contribution in [3.8, 4) is 56.8 Å². The van der Waals surface area contributed by atoms with Crippen molar-refractivity contribution in [2.75, 3.05) is 0 Å². The first kappa shape index (κ1) is 54.6. The second-order valence-corrected chi connectivity index (χ2v) is 26.2. The van der Waals surface area contributed by atoms with Crippen LogP contribution in [-0.4, -0.2) is 42.9 Å². The highest BCUT2D eigenvalue weighted by molar-refractivity contribution is 6.33. The molecule has 0 aliphatic heterocycles. The Morgan fingerprint density at radius 3 is 1.16 bits per heavy atom. The summed E-state index contributed by atoms with van der Waals surface area (Å²) >= 11 is 0. The van der Waals surface area contributed by atoms with Crippen molar-refractivity contribution < 1.29 is 0 Å². The number of benzene rings is 14. The minimum atomic E-state index is 0.660. The van der Waals surface area contributed by atoms with Crippen LogP contribution in [0.4, 0.5) is 0 Å². The third-order valence-corrected chi connectivity index (χ3v) is 21.0. The molecule has 9 heteroatoms. The molecule has 0 saturated carbocycles. The van der Waals surface area contributed by atoms with Gasteiger partial charge in [0.1, 0.15) is 5.82 Å². The Labute approximate surface area is 570 Å². The summed E-state index contributed by atoms with van der Waals surface area (Å²) in [7, 11) is 0. The first-order chi connectivity index (χ1) is 49.7. The van der Waals surface area contributed by atoms with E-state index in [1.165, 1.54) is 109 Å². The zero-order chi connectivity index (χ0) is 65.3. The van der Waals surface area contributed by atoms with Gasteiger partial charge in [-0.2, -0.15) is 0 Å². The molecule has 9 heterocycles. The van der Waals surface area contributed by atoms with Crippen LogP contribution in [0.15, 0.2) is 322 Å². The van der Waals surface area contributed by atoms with Crippen molar-refractivity contribution in [2.24, 2.45) is 0 Å². The van der Waals surface area contributed by atoms with Gasteiger partial charge in [0.2, 0.25) is 0 Å².